The predicted octanol–water partition coefficient (Wildman–Crippen LogP) is 3.79. The molecule has 1 atom stereocenters. The maximum atomic E-state index is 13.8. The van der Waals surface area contributed by atoms with E-state index in [9.17, 15) is 23.2 Å². The van der Waals surface area contributed by atoms with Crippen LogP contribution >= 0.6 is 11.8 Å². The van der Waals surface area contributed by atoms with Gasteiger partial charge < -0.3 is 14.0 Å². The average Bonchev–Trinajstić information content (AvgIpc) is 2.62. The molecule has 0 saturated heterocycles. The summed E-state index contributed by atoms with van der Waals surface area (Å²) in [6.07, 6.45) is 2.50. The number of hydrogen-bond donors (Lipinski definition) is 0. The van der Waals surface area contributed by atoms with E-state index < -0.39 is 34.4 Å². The standard InChI is InChI=1S/C19H19F2NO5S/c1-3-4-5-6-26-19(25)16-17(24)11-7-12(20)13(21)8-14(11)22-15(28-18(16)22)9-27-10(2)23/h7-8,15H,3-6,9H2,1-2H3. The fourth-order valence-electron chi connectivity index (χ4n) is 2.98. The molecular weight excluding hydrogens is 392 g/mol. The van der Waals surface area contributed by atoms with Gasteiger partial charge in [0.1, 0.15) is 17.5 Å². The summed E-state index contributed by atoms with van der Waals surface area (Å²) >= 11 is 1.15. The van der Waals surface area contributed by atoms with E-state index in [4.69, 9.17) is 9.47 Å². The third-order valence-corrected chi connectivity index (χ3v) is 5.60. The van der Waals surface area contributed by atoms with E-state index in [0.29, 0.717) is 11.4 Å². The molecular formula is C19H19F2NO5S. The van der Waals surface area contributed by atoms with Crippen molar-refractivity contribution < 1.29 is 27.8 Å². The van der Waals surface area contributed by atoms with E-state index >= 15 is 0 Å². The van der Waals surface area contributed by atoms with E-state index in [0.717, 1.165) is 36.7 Å². The summed E-state index contributed by atoms with van der Waals surface area (Å²) in [6.45, 7) is 3.40. The largest absolute Gasteiger partial charge is 0.463 e. The van der Waals surface area contributed by atoms with Gasteiger partial charge in [-0.1, -0.05) is 31.5 Å². The Hall–Kier alpha value is -2.42. The van der Waals surface area contributed by atoms with Crippen LogP contribution < -0.4 is 5.43 Å². The summed E-state index contributed by atoms with van der Waals surface area (Å²) in [4.78, 5) is 36.4. The zero-order chi connectivity index (χ0) is 20.4. The second kappa shape index (κ2) is 8.30. The Kier molecular flexibility index (Phi) is 6.02. The Morgan fingerprint density at radius 3 is 2.57 bits per heavy atom. The Labute approximate surface area is 163 Å². The number of rotatable bonds is 7. The van der Waals surface area contributed by atoms with Crippen LogP contribution in [0.5, 0.6) is 0 Å². The first-order valence-corrected chi connectivity index (χ1v) is 9.77. The first-order chi connectivity index (χ1) is 13.3. The smallest absolute Gasteiger partial charge is 0.344 e. The minimum Gasteiger partial charge on any atom is -0.463 e. The fourth-order valence-corrected chi connectivity index (χ4v) is 4.17. The summed E-state index contributed by atoms with van der Waals surface area (Å²) in [6, 6.07) is 1.69. The van der Waals surface area contributed by atoms with Crippen molar-refractivity contribution in [3.05, 3.63) is 39.6 Å². The van der Waals surface area contributed by atoms with Gasteiger partial charge in [-0.2, -0.15) is 0 Å². The number of thioether (sulfide) groups is 1. The first kappa shape index (κ1) is 20.3. The van der Waals surface area contributed by atoms with Crippen molar-refractivity contribution in [3.8, 4) is 0 Å². The molecule has 1 aromatic heterocycles. The zero-order valence-electron chi connectivity index (χ0n) is 15.4. The molecule has 0 aliphatic carbocycles. The number of carbonyl (C=O) groups is 2. The lowest BCUT2D eigenvalue weighted by Gasteiger charge is -2.34. The normalized spacial score (nSPS) is 15.1. The number of nitrogens with zero attached hydrogens (tertiary/aromatic N) is 1. The molecule has 0 saturated carbocycles. The molecule has 3 rings (SSSR count). The summed E-state index contributed by atoms with van der Waals surface area (Å²) in [5.41, 5.74) is -0.782. The molecule has 0 fully saturated rings. The van der Waals surface area contributed by atoms with Gasteiger partial charge in [0.05, 0.1) is 17.1 Å². The van der Waals surface area contributed by atoms with E-state index in [1.165, 1.54) is 11.5 Å². The van der Waals surface area contributed by atoms with E-state index in [1.54, 1.807) is 0 Å². The van der Waals surface area contributed by atoms with E-state index in [-0.39, 0.29) is 29.7 Å². The molecule has 0 amide bonds. The van der Waals surface area contributed by atoms with Gasteiger partial charge in [-0.3, -0.25) is 9.59 Å². The van der Waals surface area contributed by atoms with Crippen molar-refractivity contribution in [2.75, 3.05) is 13.2 Å². The lowest BCUT2D eigenvalue weighted by atomic mass is 10.1. The number of esters is 2. The highest BCUT2D eigenvalue weighted by Gasteiger charge is 2.36. The minimum absolute atomic E-state index is 0.0328. The summed E-state index contributed by atoms with van der Waals surface area (Å²) < 4.78 is 39.2. The highest BCUT2D eigenvalue weighted by Crippen LogP contribution is 2.47. The molecule has 2 aromatic rings. The van der Waals surface area contributed by atoms with Crippen molar-refractivity contribution in [1.82, 2.24) is 4.57 Å². The monoisotopic (exact) mass is 411 g/mol. The van der Waals surface area contributed by atoms with Gasteiger partial charge in [0.25, 0.3) is 0 Å². The minimum atomic E-state index is -1.18. The molecule has 1 aliphatic rings. The van der Waals surface area contributed by atoms with Crippen LogP contribution in [-0.4, -0.2) is 29.7 Å². The van der Waals surface area contributed by atoms with Crippen LogP contribution in [-0.2, 0) is 14.3 Å². The molecule has 9 heteroatoms. The number of fused-ring (bicyclic) bond motifs is 3. The van der Waals surface area contributed by atoms with Crippen LogP contribution in [0.1, 0.15) is 48.8 Å². The highest BCUT2D eigenvalue weighted by atomic mass is 32.2. The zero-order valence-corrected chi connectivity index (χ0v) is 16.2. The quantitative estimate of drug-likeness (QED) is 0.510. The van der Waals surface area contributed by atoms with Crippen molar-refractivity contribution in [2.24, 2.45) is 0 Å². The second-order valence-electron chi connectivity index (χ2n) is 6.38. The lowest BCUT2D eigenvalue weighted by Crippen LogP contribution is -2.32. The van der Waals surface area contributed by atoms with Gasteiger partial charge in [0, 0.05) is 18.4 Å². The van der Waals surface area contributed by atoms with Crippen LogP contribution in [0.2, 0.25) is 0 Å². The third kappa shape index (κ3) is 3.76. The van der Waals surface area contributed by atoms with Crippen LogP contribution in [0.4, 0.5) is 8.78 Å². The summed E-state index contributed by atoms with van der Waals surface area (Å²) in [5, 5.41) is -0.295. The van der Waals surface area contributed by atoms with Gasteiger partial charge >= 0.3 is 11.9 Å². The number of halogens is 2. The lowest BCUT2D eigenvalue weighted by molar-refractivity contribution is -0.141. The number of aromatic nitrogens is 1. The molecule has 6 nitrogen and oxygen atoms in total. The average molecular weight is 411 g/mol. The maximum absolute atomic E-state index is 13.8. The molecule has 0 bridgehead atoms. The molecule has 0 N–H and O–H groups in total. The van der Waals surface area contributed by atoms with Gasteiger partial charge in [0.2, 0.25) is 5.43 Å². The topological polar surface area (TPSA) is 74.6 Å². The molecule has 1 aliphatic heterocycles. The Morgan fingerprint density at radius 1 is 1.18 bits per heavy atom. The number of carbonyl (C=O) groups excluding carboxylic acids is 2. The van der Waals surface area contributed by atoms with Gasteiger partial charge in [-0.25, -0.2) is 13.6 Å². The van der Waals surface area contributed by atoms with Crippen LogP contribution in [0.15, 0.2) is 22.0 Å². The number of hydrogen-bond acceptors (Lipinski definition) is 6. The first-order valence-electron chi connectivity index (χ1n) is 8.89. The number of benzene rings is 1. The Bertz CT molecular complexity index is 1000. The van der Waals surface area contributed by atoms with Crippen molar-refractivity contribution in [1.29, 1.82) is 0 Å². The molecule has 0 radical (unpaired) electrons. The Balaban J connectivity index is 2.05. The van der Waals surface area contributed by atoms with Gasteiger partial charge in [-0.05, 0) is 12.5 Å². The molecule has 1 unspecified atom stereocenters. The molecule has 1 aromatic carbocycles. The SMILES string of the molecule is CCCCCOC(=O)c1c2n(c3cc(F)c(F)cc3c1=O)C(COC(C)=O)S2. The maximum Gasteiger partial charge on any atom is 0.344 e. The van der Waals surface area contributed by atoms with E-state index in [1.807, 2.05) is 6.92 Å². The number of unbranched alkanes of at least 4 members (excludes halogenated alkanes) is 2. The van der Waals surface area contributed by atoms with Crippen molar-refractivity contribution >= 4 is 34.6 Å². The molecule has 2 heterocycles. The fraction of sp³-hybridized carbons (Fsp3) is 0.421. The van der Waals surface area contributed by atoms with E-state index in [2.05, 4.69) is 0 Å². The van der Waals surface area contributed by atoms with Gasteiger partial charge in [0.15, 0.2) is 11.6 Å². The molecule has 150 valence electrons. The van der Waals surface area contributed by atoms with Crippen molar-refractivity contribution in [2.45, 2.75) is 43.5 Å². The summed E-state index contributed by atoms with van der Waals surface area (Å²) in [5.74, 6) is -3.59. The number of ether oxygens (including phenoxy) is 2. The Morgan fingerprint density at radius 2 is 1.89 bits per heavy atom. The summed E-state index contributed by atoms with van der Waals surface area (Å²) in [7, 11) is 0. The van der Waals surface area contributed by atoms with Crippen molar-refractivity contribution in [3.63, 3.8) is 0 Å². The third-order valence-electron chi connectivity index (χ3n) is 4.35. The molecule has 28 heavy (non-hydrogen) atoms. The molecule has 0 spiro atoms. The second-order valence-corrected chi connectivity index (χ2v) is 7.55. The van der Waals surface area contributed by atoms with Crippen LogP contribution in [0.3, 0.4) is 0 Å². The predicted molar refractivity (Wildman–Crippen MR) is 99.5 cm³/mol. The highest BCUT2D eigenvalue weighted by molar-refractivity contribution is 8.00. The van der Waals surface area contributed by atoms with Crippen LogP contribution in [0.25, 0.3) is 10.9 Å². The van der Waals surface area contributed by atoms with Gasteiger partial charge in [-0.15, -0.1) is 0 Å². The van der Waals surface area contributed by atoms with Crippen LogP contribution in [0, 0.1) is 11.6 Å². The number of pyridine rings is 1.